The summed E-state index contributed by atoms with van der Waals surface area (Å²) >= 11 is 0. The molecule has 2 heterocycles. The number of hydrogen-bond acceptors (Lipinski definition) is 8. The van der Waals surface area contributed by atoms with E-state index in [1.54, 1.807) is 29.2 Å². The van der Waals surface area contributed by atoms with Gasteiger partial charge in [0.15, 0.2) is 5.78 Å². The highest BCUT2D eigenvalue weighted by molar-refractivity contribution is 5.99. The maximum absolute atomic E-state index is 14.7. The summed E-state index contributed by atoms with van der Waals surface area (Å²) in [6.07, 6.45) is 14.1. The molecule has 14 heteroatoms. The van der Waals surface area contributed by atoms with E-state index in [2.05, 4.69) is 24.5 Å². The number of rotatable bonds is 28. The smallest absolute Gasteiger partial charge is 0.251 e. The minimum atomic E-state index is -0.592. The van der Waals surface area contributed by atoms with Crippen LogP contribution in [-0.2, 0) is 41.6 Å². The highest BCUT2D eigenvalue weighted by Crippen LogP contribution is 2.37. The molecule has 4 fully saturated rings. The van der Waals surface area contributed by atoms with E-state index < -0.39 is 11.9 Å². The fourth-order valence-electron chi connectivity index (χ4n) is 13.7. The van der Waals surface area contributed by atoms with Gasteiger partial charge in [-0.05, 0) is 116 Å². The monoisotopic (exact) mass is 1190 g/mol. The number of nitrogens with one attached hydrogen (secondary N) is 2. The molecule has 0 bridgehead atoms. The highest BCUT2D eigenvalue weighted by atomic mass is 16.2. The summed E-state index contributed by atoms with van der Waals surface area (Å²) in [6, 6.07) is 33.3. The maximum atomic E-state index is 14.7. The van der Waals surface area contributed by atoms with Gasteiger partial charge in [0.2, 0.25) is 29.5 Å². The number of likely N-dealkylation sites (tertiary alicyclic amines) is 2. The quantitative estimate of drug-likeness (QED) is 0.0529. The Morgan fingerprint density at radius 3 is 1.54 bits per heavy atom. The summed E-state index contributed by atoms with van der Waals surface area (Å²) in [4.78, 5) is 120. The predicted molar refractivity (Wildman–Crippen MR) is 342 cm³/mol. The summed E-state index contributed by atoms with van der Waals surface area (Å²) in [5.41, 5.74) is 4.72. The number of carbonyl (C=O) groups is 8. The van der Waals surface area contributed by atoms with Gasteiger partial charge in [0.1, 0.15) is 11.8 Å². The van der Waals surface area contributed by atoms with Crippen LogP contribution in [0.1, 0.15) is 176 Å². The molecular weight excluding hydrogens is 1090 g/mol. The van der Waals surface area contributed by atoms with Crippen molar-refractivity contribution in [3.05, 3.63) is 131 Å². The van der Waals surface area contributed by atoms with Crippen LogP contribution >= 0.6 is 0 Å². The second-order valence-corrected chi connectivity index (χ2v) is 26.2. The third-order valence-corrected chi connectivity index (χ3v) is 19.9. The molecule has 2 aliphatic heterocycles. The molecule has 6 amide bonds. The van der Waals surface area contributed by atoms with Gasteiger partial charge in [-0.15, -0.1) is 0 Å². The molecule has 2 saturated heterocycles. The summed E-state index contributed by atoms with van der Waals surface area (Å²) in [7, 11) is 0. The Balaban J connectivity index is 0.877. The van der Waals surface area contributed by atoms with E-state index in [9.17, 15) is 38.4 Å². The molecule has 4 aliphatic rings. The standard InChI is InChI=1S/C73H98N6O8/c1-7-51(4)70(84)75-69(60-26-18-11-19-27-60)73(87)79-45-39-53(6)64(79)48-76(42-40-54-20-12-8-13-21-54)67(82)37-36-65(80)59-32-28-56(29-33-59)57-30-34-61(35-31-57)71(85)74-47-68(83)77(43-41-55-22-14-9-15-23-55)49-63-52(5)38-44-78(63)72(86)62(46-66(81)50(2)3)58-24-16-10-17-25-58/h8-9,12-15,20-23,28-35,50-53,58,60,62-64,69H,7,10-11,16-19,24-27,36-49H2,1-6H3,(H,74,85)(H,75,84)/t51-,52+,53+,62+,63-,64-,69+/m1/s1. The summed E-state index contributed by atoms with van der Waals surface area (Å²) in [5, 5.41) is 6.07. The van der Waals surface area contributed by atoms with Crippen molar-refractivity contribution in [2.75, 3.05) is 45.8 Å². The largest absolute Gasteiger partial charge is 0.344 e. The van der Waals surface area contributed by atoms with Crippen LogP contribution in [0.5, 0.6) is 0 Å². The van der Waals surface area contributed by atoms with Crippen molar-refractivity contribution in [2.45, 2.75) is 175 Å². The van der Waals surface area contributed by atoms with Crippen LogP contribution in [0.15, 0.2) is 109 Å². The van der Waals surface area contributed by atoms with Crippen molar-refractivity contribution in [3.8, 4) is 11.1 Å². The van der Waals surface area contributed by atoms with Crippen molar-refractivity contribution >= 4 is 47.0 Å². The van der Waals surface area contributed by atoms with Gasteiger partial charge in [-0.3, -0.25) is 38.4 Å². The van der Waals surface area contributed by atoms with Crippen molar-refractivity contribution < 1.29 is 38.4 Å². The van der Waals surface area contributed by atoms with Crippen LogP contribution in [0, 0.1) is 41.4 Å². The van der Waals surface area contributed by atoms with Gasteiger partial charge >= 0.3 is 0 Å². The lowest BCUT2D eigenvalue weighted by atomic mass is 9.76. The molecule has 4 aromatic carbocycles. The van der Waals surface area contributed by atoms with Crippen LogP contribution in [0.25, 0.3) is 11.1 Å². The third kappa shape index (κ3) is 18.1. The minimum absolute atomic E-state index is 0.0176. The predicted octanol–water partition coefficient (Wildman–Crippen LogP) is 11.6. The lowest BCUT2D eigenvalue weighted by molar-refractivity contribution is -0.143. The lowest BCUT2D eigenvalue weighted by Gasteiger charge is -2.38. The van der Waals surface area contributed by atoms with E-state index >= 15 is 0 Å². The molecule has 0 spiro atoms. The van der Waals surface area contributed by atoms with Crippen LogP contribution in [0.2, 0.25) is 0 Å². The van der Waals surface area contributed by atoms with Gasteiger partial charge in [-0.1, -0.05) is 177 Å². The van der Waals surface area contributed by atoms with Crippen molar-refractivity contribution in [1.82, 2.24) is 30.2 Å². The van der Waals surface area contributed by atoms with Crippen LogP contribution < -0.4 is 10.6 Å². The number of ketones is 2. The van der Waals surface area contributed by atoms with E-state index in [-0.39, 0.29) is 120 Å². The van der Waals surface area contributed by atoms with E-state index in [0.29, 0.717) is 69.7 Å². The number of hydrogen-bond donors (Lipinski definition) is 2. The van der Waals surface area contributed by atoms with Crippen molar-refractivity contribution in [1.29, 1.82) is 0 Å². The van der Waals surface area contributed by atoms with Gasteiger partial charge in [0.25, 0.3) is 5.91 Å². The number of amides is 6. The van der Waals surface area contributed by atoms with Gasteiger partial charge in [-0.2, -0.15) is 0 Å². The van der Waals surface area contributed by atoms with Crippen LogP contribution in [0.4, 0.5) is 0 Å². The normalized spacial score (nSPS) is 20.1. The fraction of sp³-hybridized carbons (Fsp3) is 0.562. The molecule has 0 unspecified atom stereocenters. The molecule has 0 radical (unpaired) electrons. The summed E-state index contributed by atoms with van der Waals surface area (Å²) in [6.45, 7) is 14.5. The average molecular weight is 1190 g/mol. The van der Waals surface area contributed by atoms with E-state index in [1.165, 1.54) is 0 Å². The van der Waals surface area contributed by atoms with Crippen molar-refractivity contribution in [2.24, 2.45) is 41.4 Å². The number of benzene rings is 4. The molecule has 2 aliphatic carbocycles. The number of Topliss-reactive ketones (excluding diaryl/α,β-unsaturated/α-hetero) is 2. The van der Waals surface area contributed by atoms with E-state index in [0.717, 1.165) is 99.3 Å². The zero-order valence-corrected chi connectivity index (χ0v) is 52.9. The van der Waals surface area contributed by atoms with Crippen LogP contribution in [0.3, 0.4) is 0 Å². The fourth-order valence-corrected chi connectivity index (χ4v) is 13.7. The molecular formula is C73H98N6O8. The molecule has 2 N–H and O–H groups in total. The molecule has 0 aromatic heterocycles. The van der Waals surface area contributed by atoms with Gasteiger partial charge in [-0.25, -0.2) is 0 Å². The zero-order valence-electron chi connectivity index (χ0n) is 52.9. The Morgan fingerprint density at radius 2 is 1.03 bits per heavy atom. The Labute approximate surface area is 518 Å². The Morgan fingerprint density at radius 1 is 0.552 bits per heavy atom. The van der Waals surface area contributed by atoms with Gasteiger partial charge in [0, 0.05) is 87.4 Å². The van der Waals surface area contributed by atoms with Gasteiger partial charge < -0.3 is 30.2 Å². The highest BCUT2D eigenvalue weighted by Gasteiger charge is 2.44. The molecule has 87 heavy (non-hydrogen) atoms. The maximum Gasteiger partial charge on any atom is 0.251 e. The van der Waals surface area contributed by atoms with Gasteiger partial charge in [0.05, 0.1) is 18.6 Å². The second-order valence-electron chi connectivity index (χ2n) is 26.2. The molecule has 468 valence electrons. The minimum Gasteiger partial charge on any atom is -0.344 e. The number of nitrogens with zero attached hydrogens (tertiary/aromatic N) is 4. The summed E-state index contributed by atoms with van der Waals surface area (Å²) in [5.74, 6) is -1.04. The van der Waals surface area contributed by atoms with Crippen molar-refractivity contribution in [3.63, 3.8) is 0 Å². The zero-order chi connectivity index (χ0) is 62.0. The Hall–Kier alpha value is -6.96. The molecule has 8 rings (SSSR count). The molecule has 14 nitrogen and oxygen atoms in total. The molecule has 2 saturated carbocycles. The third-order valence-electron chi connectivity index (χ3n) is 19.9. The SMILES string of the molecule is CC[C@@H](C)C(=O)N[C@H](C(=O)N1CC[C@H](C)[C@H]1CN(CCc1ccccc1)C(=O)CCC(=O)c1ccc(-c2ccc(C(=O)NCC(=O)N(CCc3ccccc3)C[C@@H]3[C@@H](C)CCN3C(=O)[C@@H](CC(=O)C(C)C)C3CCCCC3)cc2)cc1)C1CCCCC1. The topological polar surface area (TPSA) is 174 Å². The van der Waals surface area contributed by atoms with E-state index in [1.807, 2.05) is 127 Å². The Kier molecular flexibility index (Phi) is 24.5. The first-order valence-corrected chi connectivity index (χ1v) is 33.1. The lowest BCUT2D eigenvalue weighted by Crippen LogP contribution is -2.56. The first-order valence-electron chi connectivity index (χ1n) is 33.1. The first-order chi connectivity index (χ1) is 42.0. The second kappa shape index (κ2) is 32.3. The summed E-state index contributed by atoms with van der Waals surface area (Å²) < 4.78 is 0. The van der Waals surface area contributed by atoms with E-state index in [4.69, 9.17) is 0 Å². The number of carbonyl (C=O) groups excluding carboxylic acids is 8. The average Bonchev–Trinajstić information content (AvgIpc) is 2.82. The molecule has 4 aromatic rings. The first kappa shape index (κ1) is 66.0. The Bertz CT molecular complexity index is 2920. The van der Waals surface area contributed by atoms with Crippen LogP contribution in [-0.4, -0.2) is 131 Å². The molecule has 7 atom stereocenters.